The van der Waals surface area contributed by atoms with Crippen molar-refractivity contribution >= 4 is 0 Å². The zero-order valence-corrected chi connectivity index (χ0v) is 13.1. The first-order valence-electron chi connectivity index (χ1n) is 7.40. The maximum absolute atomic E-state index is 4.76. The molecule has 22 heavy (non-hydrogen) atoms. The van der Waals surface area contributed by atoms with Crippen LogP contribution in [0.1, 0.15) is 26.6 Å². The predicted molar refractivity (Wildman–Crippen MR) is 89.4 cm³/mol. The first kappa shape index (κ1) is 14.4. The Kier molecular flexibility index (Phi) is 3.72. The van der Waals surface area contributed by atoms with Crippen LogP contribution in [0.2, 0.25) is 0 Å². The molecule has 2 aromatic heterocycles. The van der Waals surface area contributed by atoms with E-state index in [4.69, 9.17) is 9.97 Å². The van der Waals surface area contributed by atoms with E-state index in [1.807, 2.05) is 42.5 Å². The molecule has 0 bridgehead atoms. The zero-order chi connectivity index (χ0) is 15.6. The third-order valence-corrected chi connectivity index (χ3v) is 3.39. The molecule has 0 fully saturated rings. The summed E-state index contributed by atoms with van der Waals surface area (Å²) in [6, 6.07) is 18.1. The zero-order valence-electron chi connectivity index (χ0n) is 13.1. The summed E-state index contributed by atoms with van der Waals surface area (Å²) in [5.41, 5.74) is 3.63. The van der Waals surface area contributed by atoms with E-state index in [2.05, 4.69) is 37.9 Å². The predicted octanol–water partition coefficient (Wildman–Crippen LogP) is 4.50. The molecule has 0 aliphatic rings. The molecular weight excluding hydrogens is 270 g/mol. The monoisotopic (exact) mass is 289 g/mol. The molecule has 110 valence electrons. The Labute approximate surface area is 131 Å². The number of benzene rings is 1. The van der Waals surface area contributed by atoms with E-state index in [9.17, 15) is 0 Å². The summed E-state index contributed by atoms with van der Waals surface area (Å²) in [5, 5.41) is 0. The van der Waals surface area contributed by atoms with E-state index in [1.54, 1.807) is 6.20 Å². The van der Waals surface area contributed by atoms with Crippen LogP contribution in [0.5, 0.6) is 0 Å². The van der Waals surface area contributed by atoms with Gasteiger partial charge in [0.2, 0.25) is 0 Å². The molecule has 3 rings (SSSR count). The van der Waals surface area contributed by atoms with Crippen LogP contribution in [0.3, 0.4) is 0 Å². The van der Waals surface area contributed by atoms with Gasteiger partial charge in [-0.3, -0.25) is 4.98 Å². The van der Waals surface area contributed by atoms with Crippen LogP contribution in [0.4, 0.5) is 0 Å². The third kappa shape index (κ3) is 3.03. The van der Waals surface area contributed by atoms with Crippen LogP contribution in [-0.4, -0.2) is 15.0 Å². The number of hydrogen-bond acceptors (Lipinski definition) is 3. The van der Waals surface area contributed by atoms with Crippen molar-refractivity contribution < 1.29 is 0 Å². The normalized spacial score (nSPS) is 11.4. The average molecular weight is 289 g/mol. The molecular formula is C19H19N3. The van der Waals surface area contributed by atoms with Gasteiger partial charge < -0.3 is 0 Å². The van der Waals surface area contributed by atoms with Gasteiger partial charge in [0, 0.05) is 17.2 Å². The summed E-state index contributed by atoms with van der Waals surface area (Å²) >= 11 is 0. The lowest BCUT2D eigenvalue weighted by molar-refractivity contribution is 0.546. The Hall–Kier alpha value is -2.55. The van der Waals surface area contributed by atoms with Crippen LogP contribution in [0.25, 0.3) is 22.6 Å². The average Bonchev–Trinajstić information content (AvgIpc) is 2.55. The lowest BCUT2D eigenvalue weighted by atomic mass is 9.95. The highest BCUT2D eigenvalue weighted by atomic mass is 14.9. The van der Waals surface area contributed by atoms with Gasteiger partial charge in [0.05, 0.1) is 17.1 Å². The van der Waals surface area contributed by atoms with Gasteiger partial charge in [-0.25, -0.2) is 9.97 Å². The minimum atomic E-state index is -0.117. The van der Waals surface area contributed by atoms with Gasteiger partial charge in [-0.05, 0) is 18.2 Å². The van der Waals surface area contributed by atoms with Crippen molar-refractivity contribution in [3.05, 3.63) is 66.6 Å². The highest BCUT2D eigenvalue weighted by Gasteiger charge is 2.20. The molecule has 0 saturated heterocycles. The Morgan fingerprint density at radius 3 is 2.05 bits per heavy atom. The van der Waals surface area contributed by atoms with E-state index in [1.165, 1.54) is 0 Å². The van der Waals surface area contributed by atoms with Crippen molar-refractivity contribution in [2.45, 2.75) is 26.2 Å². The molecule has 0 aliphatic heterocycles. The Morgan fingerprint density at radius 1 is 0.727 bits per heavy atom. The van der Waals surface area contributed by atoms with E-state index in [0.717, 1.165) is 28.5 Å². The molecule has 0 N–H and O–H groups in total. The molecule has 0 aliphatic carbocycles. The molecule has 3 aromatic rings. The van der Waals surface area contributed by atoms with Crippen molar-refractivity contribution in [2.75, 3.05) is 0 Å². The fourth-order valence-corrected chi connectivity index (χ4v) is 2.18. The van der Waals surface area contributed by atoms with Gasteiger partial charge in [-0.15, -0.1) is 0 Å². The van der Waals surface area contributed by atoms with Crippen LogP contribution < -0.4 is 0 Å². The maximum atomic E-state index is 4.76. The number of hydrogen-bond donors (Lipinski definition) is 0. The van der Waals surface area contributed by atoms with Gasteiger partial charge in [0.15, 0.2) is 0 Å². The molecule has 0 unspecified atom stereocenters. The maximum Gasteiger partial charge on any atom is 0.135 e. The highest BCUT2D eigenvalue weighted by molar-refractivity contribution is 5.66. The van der Waals surface area contributed by atoms with Gasteiger partial charge in [-0.2, -0.15) is 0 Å². The molecule has 3 nitrogen and oxygen atoms in total. The van der Waals surface area contributed by atoms with Crippen molar-refractivity contribution in [3.8, 4) is 22.6 Å². The third-order valence-electron chi connectivity index (χ3n) is 3.39. The van der Waals surface area contributed by atoms with Crippen LogP contribution in [-0.2, 0) is 5.41 Å². The highest BCUT2D eigenvalue weighted by Crippen LogP contribution is 2.27. The van der Waals surface area contributed by atoms with Crippen LogP contribution in [0.15, 0.2) is 60.8 Å². The fourth-order valence-electron chi connectivity index (χ4n) is 2.18. The topological polar surface area (TPSA) is 38.7 Å². The lowest BCUT2D eigenvalue weighted by Crippen LogP contribution is -2.17. The number of aromatic nitrogens is 3. The molecule has 3 heteroatoms. The summed E-state index contributed by atoms with van der Waals surface area (Å²) in [4.78, 5) is 13.9. The summed E-state index contributed by atoms with van der Waals surface area (Å²) in [6.07, 6.45) is 1.79. The van der Waals surface area contributed by atoms with Gasteiger partial charge >= 0.3 is 0 Å². The standard InChI is InChI=1S/C19H19N3/c1-19(2,3)18-21-16(14-9-5-4-6-10-14)13-17(22-18)15-11-7-8-12-20-15/h4-13H,1-3H3. The summed E-state index contributed by atoms with van der Waals surface area (Å²) in [5.74, 6) is 0.828. The van der Waals surface area contributed by atoms with Gasteiger partial charge in [0.25, 0.3) is 0 Å². The van der Waals surface area contributed by atoms with Gasteiger partial charge in [-0.1, -0.05) is 57.2 Å². The first-order chi connectivity index (χ1) is 10.5. The fraction of sp³-hybridized carbons (Fsp3) is 0.211. The molecule has 0 radical (unpaired) electrons. The Balaban J connectivity index is 2.19. The van der Waals surface area contributed by atoms with Crippen LogP contribution >= 0.6 is 0 Å². The number of pyridine rings is 1. The summed E-state index contributed by atoms with van der Waals surface area (Å²) in [6.45, 7) is 6.37. The lowest BCUT2D eigenvalue weighted by Gasteiger charge is -2.18. The molecule has 0 saturated carbocycles. The molecule has 0 spiro atoms. The SMILES string of the molecule is CC(C)(C)c1nc(-c2ccccc2)cc(-c2ccccn2)n1. The first-order valence-corrected chi connectivity index (χ1v) is 7.40. The second kappa shape index (κ2) is 5.68. The van der Waals surface area contributed by atoms with Crippen molar-refractivity contribution in [1.29, 1.82) is 0 Å². The number of nitrogens with zero attached hydrogens (tertiary/aromatic N) is 3. The van der Waals surface area contributed by atoms with E-state index >= 15 is 0 Å². The van der Waals surface area contributed by atoms with Crippen LogP contribution in [0, 0.1) is 0 Å². The van der Waals surface area contributed by atoms with Gasteiger partial charge in [0.1, 0.15) is 5.82 Å². The second-order valence-electron chi connectivity index (χ2n) is 6.29. The minimum Gasteiger partial charge on any atom is -0.255 e. The quantitative estimate of drug-likeness (QED) is 0.697. The van der Waals surface area contributed by atoms with E-state index < -0.39 is 0 Å². The number of rotatable bonds is 2. The molecule has 0 amide bonds. The van der Waals surface area contributed by atoms with Crippen molar-refractivity contribution in [3.63, 3.8) is 0 Å². The minimum absolute atomic E-state index is 0.117. The van der Waals surface area contributed by atoms with Crippen molar-refractivity contribution in [2.24, 2.45) is 0 Å². The Morgan fingerprint density at radius 2 is 1.41 bits per heavy atom. The summed E-state index contributed by atoms with van der Waals surface area (Å²) in [7, 11) is 0. The van der Waals surface area contributed by atoms with E-state index in [0.29, 0.717) is 0 Å². The largest absolute Gasteiger partial charge is 0.255 e. The second-order valence-corrected chi connectivity index (χ2v) is 6.29. The van der Waals surface area contributed by atoms with E-state index in [-0.39, 0.29) is 5.41 Å². The smallest absolute Gasteiger partial charge is 0.135 e. The van der Waals surface area contributed by atoms with Crippen molar-refractivity contribution in [1.82, 2.24) is 15.0 Å². The Bertz CT molecular complexity index is 702. The molecule has 0 atom stereocenters. The summed E-state index contributed by atoms with van der Waals surface area (Å²) < 4.78 is 0. The molecule has 1 aromatic carbocycles. The molecule has 2 heterocycles.